The standard InChI is InChI=1S/C16H17N5O2/c1-12-4-6-19(10-16(12)20-7-5-18-11-20)15-8-13(9-17)2-3-14(15)21(22)23/h2-3,5,7-8,11-12,16H,4,6,10H2,1H3. The minimum atomic E-state index is -0.388. The average Bonchev–Trinajstić information content (AvgIpc) is 3.09. The SMILES string of the molecule is CC1CCN(c2cc(C#N)ccc2[N+](=O)[O-])CC1n1ccnc1. The molecular formula is C16H17N5O2. The predicted octanol–water partition coefficient (Wildman–Crippen LogP) is 2.75. The number of anilines is 1. The van der Waals surface area contributed by atoms with E-state index in [2.05, 4.69) is 22.5 Å². The zero-order chi connectivity index (χ0) is 16.4. The van der Waals surface area contributed by atoms with Crippen LogP contribution in [0.4, 0.5) is 11.4 Å². The Kier molecular flexibility index (Phi) is 3.98. The van der Waals surface area contributed by atoms with Gasteiger partial charge in [-0.1, -0.05) is 6.92 Å². The molecule has 1 saturated heterocycles. The number of hydrogen-bond acceptors (Lipinski definition) is 5. The first-order valence-electron chi connectivity index (χ1n) is 7.51. The highest BCUT2D eigenvalue weighted by molar-refractivity contribution is 5.66. The van der Waals surface area contributed by atoms with Gasteiger partial charge >= 0.3 is 0 Å². The molecule has 2 heterocycles. The van der Waals surface area contributed by atoms with Gasteiger partial charge in [-0.25, -0.2) is 4.98 Å². The molecule has 0 saturated carbocycles. The van der Waals surface area contributed by atoms with E-state index >= 15 is 0 Å². The molecule has 2 aromatic rings. The van der Waals surface area contributed by atoms with Crippen LogP contribution in [-0.4, -0.2) is 27.6 Å². The molecule has 0 spiro atoms. The van der Waals surface area contributed by atoms with Crippen molar-refractivity contribution in [1.82, 2.24) is 9.55 Å². The first-order valence-corrected chi connectivity index (χ1v) is 7.51. The second kappa shape index (κ2) is 6.08. The number of piperidine rings is 1. The van der Waals surface area contributed by atoms with E-state index in [4.69, 9.17) is 5.26 Å². The molecule has 118 valence electrons. The normalized spacial score (nSPS) is 21.0. The lowest BCUT2D eigenvalue weighted by Gasteiger charge is -2.38. The summed E-state index contributed by atoms with van der Waals surface area (Å²) in [5.41, 5.74) is 0.998. The fourth-order valence-electron chi connectivity index (χ4n) is 3.12. The van der Waals surface area contributed by atoms with Gasteiger partial charge in [0.1, 0.15) is 5.69 Å². The first kappa shape index (κ1) is 15.0. The van der Waals surface area contributed by atoms with E-state index in [1.807, 2.05) is 11.1 Å². The Labute approximate surface area is 133 Å². The molecule has 0 radical (unpaired) electrons. The second-order valence-electron chi connectivity index (χ2n) is 5.86. The van der Waals surface area contributed by atoms with Crippen LogP contribution >= 0.6 is 0 Å². The lowest BCUT2D eigenvalue weighted by molar-refractivity contribution is -0.384. The number of nitro benzene ring substituents is 1. The van der Waals surface area contributed by atoms with Crippen LogP contribution in [0.1, 0.15) is 24.9 Å². The summed E-state index contributed by atoms with van der Waals surface area (Å²) in [4.78, 5) is 17.0. The van der Waals surface area contributed by atoms with Gasteiger partial charge in [0.05, 0.1) is 28.9 Å². The largest absolute Gasteiger partial charge is 0.364 e. The molecule has 1 fully saturated rings. The maximum Gasteiger partial charge on any atom is 0.292 e. The highest BCUT2D eigenvalue weighted by Gasteiger charge is 2.30. The van der Waals surface area contributed by atoms with Crippen LogP contribution in [-0.2, 0) is 0 Å². The molecule has 0 aliphatic carbocycles. The van der Waals surface area contributed by atoms with E-state index in [9.17, 15) is 10.1 Å². The van der Waals surface area contributed by atoms with Gasteiger partial charge in [-0.3, -0.25) is 10.1 Å². The summed E-state index contributed by atoms with van der Waals surface area (Å²) in [5.74, 6) is 0.457. The van der Waals surface area contributed by atoms with Crippen LogP contribution < -0.4 is 4.90 Å². The molecule has 3 rings (SSSR count). The highest BCUT2D eigenvalue weighted by atomic mass is 16.6. The topological polar surface area (TPSA) is 88.0 Å². The number of imidazole rings is 1. The molecule has 7 nitrogen and oxygen atoms in total. The summed E-state index contributed by atoms with van der Waals surface area (Å²) in [6.07, 6.45) is 6.37. The van der Waals surface area contributed by atoms with Gasteiger partial charge in [0, 0.05) is 31.5 Å². The number of nitro groups is 1. The number of nitrogens with zero attached hydrogens (tertiary/aromatic N) is 5. The van der Waals surface area contributed by atoms with Crippen molar-refractivity contribution in [1.29, 1.82) is 5.26 Å². The van der Waals surface area contributed by atoms with Crippen LogP contribution in [0.2, 0.25) is 0 Å². The number of benzene rings is 1. The minimum Gasteiger partial charge on any atom is -0.364 e. The predicted molar refractivity (Wildman–Crippen MR) is 85.1 cm³/mol. The highest BCUT2D eigenvalue weighted by Crippen LogP contribution is 2.35. The Bertz CT molecular complexity index is 750. The van der Waals surface area contributed by atoms with Crippen molar-refractivity contribution in [3.63, 3.8) is 0 Å². The zero-order valence-electron chi connectivity index (χ0n) is 12.8. The van der Waals surface area contributed by atoms with E-state index in [1.54, 1.807) is 18.6 Å². The van der Waals surface area contributed by atoms with Crippen molar-refractivity contribution < 1.29 is 4.92 Å². The summed E-state index contributed by atoms with van der Waals surface area (Å²) in [7, 11) is 0. The van der Waals surface area contributed by atoms with Crippen molar-refractivity contribution >= 4 is 11.4 Å². The van der Waals surface area contributed by atoms with E-state index in [0.717, 1.165) is 13.0 Å². The fraction of sp³-hybridized carbons (Fsp3) is 0.375. The van der Waals surface area contributed by atoms with E-state index < -0.39 is 0 Å². The third-order valence-corrected chi connectivity index (χ3v) is 4.47. The molecule has 1 aliphatic rings. The maximum absolute atomic E-state index is 11.3. The number of hydrogen-bond donors (Lipinski definition) is 0. The number of aromatic nitrogens is 2. The molecule has 0 N–H and O–H groups in total. The van der Waals surface area contributed by atoms with Gasteiger partial charge in [0.2, 0.25) is 0 Å². The average molecular weight is 311 g/mol. The third kappa shape index (κ3) is 2.88. The first-order chi connectivity index (χ1) is 11.1. The van der Waals surface area contributed by atoms with Crippen LogP contribution in [0.25, 0.3) is 0 Å². The van der Waals surface area contributed by atoms with Gasteiger partial charge in [-0.05, 0) is 24.5 Å². The third-order valence-electron chi connectivity index (χ3n) is 4.47. The maximum atomic E-state index is 11.3. The molecule has 1 aromatic heterocycles. The van der Waals surface area contributed by atoms with Crippen molar-refractivity contribution in [3.05, 3.63) is 52.6 Å². The summed E-state index contributed by atoms with van der Waals surface area (Å²) in [5, 5.41) is 20.4. The fourth-order valence-corrected chi connectivity index (χ4v) is 3.12. The van der Waals surface area contributed by atoms with Gasteiger partial charge in [0.25, 0.3) is 5.69 Å². The lowest BCUT2D eigenvalue weighted by atomic mass is 9.92. The number of rotatable bonds is 3. The Morgan fingerprint density at radius 1 is 1.48 bits per heavy atom. The quantitative estimate of drug-likeness (QED) is 0.642. The van der Waals surface area contributed by atoms with Crippen LogP contribution in [0.3, 0.4) is 0 Å². The van der Waals surface area contributed by atoms with Gasteiger partial charge in [-0.2, -0.15) is 5.26 Å². The molecule has 0 bridgehead atoms. The van der Waals surface area contributed by atoms with Crippen molar-refractivity contribution in [2.24, 2.45) is 5.92 Å². The van der Waals surface area contributed by atoms with Crippen LogP contribution in [0.15, 0.2) is 36.9 Å². The molecule has 23 heavy (non-hydrogen) atoms. The van der Waals surface area contributed by atoms with Gasteiger partial charge in [0.15, 0.2) is 0 Å². The number of nitriles is 1. The zero-order valence-corrected chi connectivity index (χ0v) is 12.8. The molecule has 0 amide bonds. The Morgan fingerprint density at radius 3 is 2.96 bits per heavy atom. The summed E-state index contributed by atoms with van der Waals surface area (Å²) in [6, 6.07) is 6.77. The molecule has 1 aliphatic heterocycles. The smallest absolute Gasteiger partial charge is 0.292 e. The Balaban J connectivity index is 1.95. The lowest BCUT2D eigenvalue weighted by Crippen LogP contribution is -2.40. The van der Waals surface area contributed by atoms with E-state index in [1.165, 1.54) is 12.1 Å². The van der Waals surface area contributed by atoms with E-state index in [0.29, 0.717) is 23.7 Å². The molecule has 2 atom stereocenters. The van der Waals surface area contributed by atoms with Gasteiger partial charge in [-0.15, -0.1) is 0 Å². The van der Waals surface area contributed by atoms with E-state index in [-0.39, 0.29) is 16.7 Å². The van der Waals surface area contributed by atoms with Gasteiger partial charge < -0.3 is 9.47 Å². The van der Waals surface area contributed by atoms with Crippen molar-refractivity contribution in [2.75, 3.05) is 18.0 Å². The minimum absolute atomic E-state index is 0.0444. The van der Waals surface area contributed by atoms with Crippen LogP contribution in [0, 0.1) is 27.4 Å². The summed E-state index contributed by atoms with van der Waals surface area (Å²) < 4.78 is 2.05. The molecule has 2 unspecified atom stereocenters. The molecule has 7 heteroatoms. The summed E-state index contributed by atoms with van der Waals surface area (Å²) in [6.45, 7) is 3.58. The second-order valence-corrected chi connectivity index (χ2v) is 5.86. The van der Waals surface area contributed by atoms with Crippen molar-refractivity contribution in [2.45, 2.75) is 19.4 Å². The molecular weight excluding hydrogens is 294 g/mol. The molecule has 1 aromatic carbocycles. The van der Waals surface area contributed by atoms with Crippen molar-refractivity contribution in [3.8, 4) is 6.07 Å². The Morgan fingerprint density at radius 2 is 2.30 bits per heavy atom. The monoisotopic (exact) mass is 311 g/mol. The van der Waals surface area contributed by atoms with Crippen LogP contribution in [0.5, 0.6) is 0 Å². The Hall–Kier alpha value is -2.88. The summed E-state index contributed by atoms with van der Waals surface area (Å²) >= 11 is 0.